The molecule has 0 bridgehead atoms. The molecule has 31 heavy (non-hydrogen) atoms. The molecule has 0 saturated heterocycles. The van der Waals surface area contributed by atoms with Gasteiger partial charge in [0.25, 0.3) is 0 Å². The normalized spacial score (nSPS) is 14.6. The Bertz CT molecular complexity index is 920. The van der Waals surface area contributed by atoms with E-state index >= 15 is 0 Å². The monoisotopic (exact) mass is 424 g/mol. The molecule has 168 valence electrons. The Morgan fingerprint density at radius 2 is 1.90 bits per heavy atom. The summed E-state index contributed by atoms with van der Waals surface area (Å²) in [5, 5.41) is 7.80. The summed E-state index contributed by atoms with van der Waals surface area (Å²) in [5.41, 5.74) is 2.77. The molecule has 0 atom stereocenters. The van der Waals surface area contributed by atoms with E-state index in [1.54, 1.807) is 9.58 Å². The number of benzene rings is 1. The van der Waals surface area contributed by atoms with Crippen molar-refractivity contribution in [3.8, 4) is 5.69 Å². The van der Waals surface area contributed by atoms with Crippen LogP contribution in [0.2, 0.25) is 0 Å². The molecular weight excluding hydrogens is 388 g/mol. The van der Waals surface area contributed by atoms with Crippen LogP contribution >= 0.6 is 0 Å². The molecule has 1 heterocycles. The molecule has 0 unspecified atom stereocenters. The molecule has 6 heteroatoms. The van der Waals surface area contributed by atoms with E-state index in [2.05, 4.69) is 26.1 Å². The lowest BCUT2D eigenvalue weighted by atomic mass is 9.92. The van der Waals surface area contributed by atoms with Crippen molar-refractivity contribution >= 4 is 17.6 Å². The highest BCUT2D eigenvalue weighted by atomic mass is 16.2. The highest BCUT2D eigenvalue weighted by molar-refractivity contribution is 5.94. The minimum atomic E-state index is -0.186. The summed E-state index contributed by atoms with van der Waals surface area (Å²) in [6.45, 7) is 11.1. The molecule has 1 aromatic heterocycles. The van der Waals surface area contributed by atoms with Gasteiger partial charge in [0, 0.05) is 23.9 Å². The maximum Gasteiger partial charge on any atom is 0.245 e. The summed E-state index contributed by atoms with van der Waals surface area (Å²) in [5.74, 6) is 0.640. The Balaban J connectivity index is 1.82. The van der Waals surface area contributed by atoms with Gasteiger partial charge in [0.05, 0.1) is 17.9 Å². The van der Waals surface area contributed by atoms with Gasteiger partial charge in [0.2, 0.25) is 11.8 Å². The van der Waals surface area contributed by atoms with Gasteiger partial charge in [0.15, 0.2) is 0 Å². The number of carbonyl (C=O) groups is 2. The van der Waals surface area contributed by atoms with Crippen molar-refractivity contribution in [1.82, 2.24) is 14.7 Å². The molecule has 1 N–H and O–H groups in total. The third-order valence-corrected chi connectivity index (χ3v) is 5.84. The van der Waals surface area contributed by atoms with Crippen molar-refractivity contribution in [1.29, 1.82) is 0 Å². The smallest absolute Gasteiger partial charge is 0.245 e. The van der Waals surface area contributed by atoms with Gasteiger partial charge < -0.3 is 10.2 Å². The van der Waals surface area contributed by atoms with E-state index in [0.29, 0.717) is 12.4 Å². The van der Waals surface area contributed by atoms with Gasteiger partial charge in [-0.25, -0.2) is 4.68 Å². The van der Waals surface area contributed by atoms with Crippen LogP contribution in [0, 0.1) is 12.8 Å². The standard InChI is InChI=1S/C25H36N4O2/c1-6-14-28(24(31)19-11-7-8-12-19)17-23(30)26-22-16-21(25(3,4)5)27-29(22)20-13-9-10-18(2)15-20/h9-10,13,15-16,19H,6-8,11-12,14,17H2,1-5H3,(H,26,30). The predicted octanol–water partition coefficient (Wildman–Crippen LogP) is 4.85. The van der Waals surface area contributed by atoms with Crippen molar-refractivity contribution in [3.63, 3.8) is 0 Å². The minimum Gasteiger partial charge on any atom is -0.333 e. The first kappa shape index (κ1) is 23.0. The van der Waals surface area contributed by atoms with Crippen LogP contribution in [-0.2, 0) is 15.0 Å². The number of aryl methyl sites for hydroxylation is 1. The Labute approximate surface area is 186 Å². The second-order valence-electron chi connectivity index (χ2n) is 9.70. The molecule has 0 radical (unpaired) electrons. The molecule has 1 saturated carbocycles. The number of aromatic nitrogens is 2. The molecule has 2 aromatic rings. The fourth-order valence-electron chi connectivity index (χ4n) is 4.12. The average molecular weight is 425 g/mol. The van der Waals surface area contributed by atoms with Crippen LogP contribution in [0.1, 0.15) is 71.1 Å². The summed E-state index contributed by atoms with van der Waals surface area (Å²) in [7, 11) is 0. The summed E-state index contributed by atoms with van der Waals surface area (Å²) >= 11 is 0. The number of rotatable bonds is 7. The topological polar surface area (TPSA) is 67.2 Å². The second kappa shape index (κ2) is 9.67. The third-order valence-electron chi connectivity index (χ3n) is 5.84. The number of amides is 2. The molecule has 3 rings (SSSR count). The molecule has 1 aliphatic carbocycles. The number of carbonyl (C=O) groups excluding carboxylic acids is 2. The molecule has 1 aromatic carbocycles. The summed E-state index contributed by atoms with van der Waals surface area (Å²) in [6, 6.07) is 9.98. The van der Waals surface area contributed by atoms with Gasteiger partial charge in [-0.1, -0.05) is 52.7 Å². The number of nitrogens with one attached hydrogen (secondary N) is 1. The first-order chi connectivity index (χ1) is 14.7. The van der Waals surface area contributed by atoms with E-state index in [-0.39, 0.29) is 29.7 Å². The SMILES string of the molecule is CCCN(CC(=O)Nc1cc(C(C)(C)C)nn1-c1cccc(C)c1)C(=O)C1CCCC1. The van der Waals surface area contributed by atoms with Crippen LogP contribution in [-0.4, -0.2) is 39.6 Å². The lowest BCUT2D eigenvalue weighted by Crippen LogP contribution is -2.41. The van der Waals surface area contributed by atoms with Gasteiger partial charge in [-0.3, -0.25) is 9.59 Å². The van der Waals surface area contributed by atoms with E-state index in [1.807, 2.05) is 44.2 Å². The average Bonchev–Trinajstić information content (AvgIpc) is 3.37. The first-order valence-electron chi connectivity index (χ1n) is 11.4. The summed E-state index contributed by atoms with van der Waals surface area (Å²) in [4.78, 5) is 27.6. The van der Waals surface area contributed by atoms with Gasteiger partial charge in [-0.2, -0.15) is 5.10 Å². The molecule has 0 aliphatic heterocycles. The maximum atomic E-state index is 13.0. The highest BCUT2D eigenvalue weighted by Crippen LogP contribution is 2.28. The minimum absolute atomic E-state index is 0.0738. The maximum absolute atomic E-state index is 13.0. The van der Waals surface area contributed by atoms with Gasteiger partial charge in [0.1, 0.15) is 5.82 Å². The van der Waals surface area contributed by atoms with Gasteiger partial charge in [-0.15, -0.1) is 0 Å². The molecule has 6 nitrogen and oxygen atoms in total. The molecule has 0 spiro atoms. The summed E-state index contributed by atoms with van der Waals surface area (Å²) in [6.07, 6.45) is 4.92. The van der Waals surface area contributed by atoms with Crippen LogP contribution < -0.4 is 5.32 Å². The van der Waals surface area contributed by atoms with Crippen LogP contribution in [0.3, 0.4) is 0 Å². The van der Waals surface area contributed by atoms with Crippen LogP contribution in [0.25, 0.3) is 5.69 Å². The molecule has 1 aliphatic rings. The Kier molecular flexibility index (Phi) is 7.19. The van der Waals surface area contributed by atoms with E-state index in [4.69, 9.17) is 5.10 Å². The van der Waals surface area contributed by atoms with E-state index in [0.717, 1.165) is 49.0 Å². The van der Waals surface area contributed by atoms with E-state index in [9.17, 15) is 9.59 Å². The van der Waals surface area contributed by atoms with Crippen LogP contribution in [0.4, 0.5) is 5.82 Å². The van der Waals surface area contributed by atoms with E-state index < -0.39 is 0 Å². The lowest BCUT2D eigenvalue weighted by molar-refractivity contribution is -0.138. The van der Waals surface area contributed by atoms with Crippen molar-refractivity contribution in [2.24, 2.45) is 5.92 Å². The first-order valence-corrected chi connectivity index (χ1v) is 11.4. The Morgan fingerprint density at radius 1 is 1.19 bits per heavy atom. The quantitative estimate of drug-likeness (QED) is 0.691. The largest absolute Gasteiger partial charge is 0.333 e. The second-order valence-corrected chi connectivity index (χ2v) is 9.70. The fourth-order valence-corrected chi connectivity index (χ4v) is 4.12. The van der Waals surface area contributed by atoms with Crippen LogP contribution in [0.5, 0.6) is 0 Å². The zero-order valence-electron chi connectivity index (χ0n) is 19.6. The highest BCUT2D eigenvalue weighted by Gasteiger charge is 2.28. The van der Waals surface area contributed by atoms with Crippen molar-refractivity contribution in [2.75, 3.05) is 18.4 Å². The molecule has 2 amide bonds. The number of anilines is 1. The van der Waals surface area contributed by atoms with Crippen molar-refractivity contribution in [2.45, 2.75) is 72.1 Å². The number of nitrogens with zero attached hydrogens (tertiary/aromatic N) is 3. The molecular formula is C25H36N4O2. The zero-order chi connectivity index (χ0) is 22.6. The van der Waals surface area contributed by atoms with Gasteiger partial charge >= 0.3 is 0 Å². The van der Waals surface area contributed by atoms with Crippen LogP contribution in [0.15, 0.2) is 30.3 Å². The zero-order valence-corrected chi connectivity index (χ0v) is 19.6. The van der Waals surface area contributed by atoms with E-state index in [1.165, 1.54) is 0 Å². The number of hydrogen-bond acceptors (Lipinski definition) is 3. The van der Waals surface area contributed by atoms with Gasteiger partial charge in [-0.05, 0) is 43.9 Å². The number of hydrogen-bond donors (Lipinski definition) is 1. The Hall–Kier alpha value is -2.63. The fraction of sp³-hybridized carbons (Fsp3) is 0.560. The third kappa shape index (κ3) is 5.75. The Morgan fingerprint density at radius 3 is 2.52 bits per heavy atom. The predicted molar refractivity (Wildman–Crippen MR) is 124 cm³/mol. The lowest BCUT2D eigenvalue weighted by Gasteiger charge is -2.24. The van der Waals surface area contributed by atoms with Crippen molar-refractivity contribution < 1.29 is 9.59 Å². The van der Waals surface area contributed by atoms with Crippen molar-refractivity contribution in [3.05, 3.63) is 41.6 Å². The molecule has 1 fully saturated rings. The summed E-state index contributed by atoms with van der Waals surface area (Å²) < 4.78 is 1.79.